The number of rotatable bonds is 11. The molecule has 0 aliphatic heterocycles. The molecular weight excluding hydrogens is 488 g/mol. The van der Waals surface area contributed by atoms with Crippen molar-refractivity contribution in [2.45, 2.75) is 44.9 Å². The quantitative estimate of drug-likeness (QED) is 0.354. The molecule has 0 bridgehead atoms. The fourth-order valence-electron chi connectivity index (χ4n) is 3.62. The largest absolute Gasteiger partial charge is 0.494 e. The van der Waals surface area contributed by atoms with Crippen LogP contribution in [0.4, 0.5) is 5.69 Å². The first-order valence-electron chi connectivity index (χ1n) is 12.3. The second-order valence-electron chi connectivity index (χ2n) is 9.72. The van der Waals surface area contributed by atoms with Crippen LogP contribution in [0.2, 0.25) is 0 Å². The normalized spacial score (nSPS) is 11.6. The molecule has 0 unspecified atom stereocenters. The van der Waals surface area contributed by atoms with Gasteiger partial charge in [0.05, 0.1) is 23.7 Å². The standard InChI is InChI=1S/C29H36N2O5S/c1-6-35-25-15-17-27(18-16-25)37(33,34)31(24-11-7-22(2)8-12-24)21-28(32)30-19-20-36-26-13-9-23(10-14-26)29(3,4)5/h7-18H,6,19-21H2,1-5H3,(H,30,32). The molecule has 0 heterocycles. The van der Waals surface area contributed by atoms with Gasteiger partial charge in [-0.1, -0.05) is 50.6 Å². The molecule has 1 N–H and O–H groups in total. The molecule has 3 rings (SSSR count). The Balaban J connectivity index is 1.66. The third-order valence-electron chi connectivity index (χ3n) is 5.75. The minimum atomic E-state index is -4.00. The second kappa shape index (κ2) is 12.1. The molecule has 0 aliphatic rings. The molecule has 198 valence electrons. The second-order valence-corrected chi connectivity index (χ2v) is 11.6. The van der Waals surface area contributed by atoms with Crippen LogP contribution in [-0.4, -0.2) is 40.6 Å². The minimum absolute atomic E-state index is 0.0570. The summed E-state index contributed by atoms with van der Waals surface area (Å²) in [6, 6.07) is 21.1. The van der Waals surface area contributed by atoms with E-state index >= 15 is 0 Å². The lowest BCUT2D eigenvalue weighted by Gasteiger charge is -2.24. The van der Waals surface area contributed by atoms with Crippen molar-refractivity contribution in [1.82, 2.24) is 5.32 Å². The molecule has 0 radical (unpaired) electrons. The van der Waals surface area contributed by atoms with Crippen LogP contribution in [-0.2, 0) is 20.2 Å². The monoisotopic (exact) mass is 524 g/mol. The van der Waals surface area contributed by atoms with Crippen LogP contribution < -0.4 is 19.1 Å². The van der Waals surface area contributed by atoms with E-state index in [1.165, 1.54) is 17.7 Å². The first-order valence-corrected chi connectivity index (χ1v) is 13.8. The molecule has 7 nitrogen and oxygen atoms in total. The number of hydrogen-bond donors (Lipinski definition) is 1. The highest BCUT2D eigenvalue weighted by Crippen LogP contribution is 2.26. The maximum Gasteiger partial charge on any atom is 0.264 e. The molecule has 0 aromatic heterocycles. The molecule has 3 aromatic carbocycles. The lowest BCUT2D eigenvalue weighted by molar-refractivity contribution is -0.119. The number of amides is 1. The van der Waals surface area contributed by atoms with Crippen molar-refractivity contribution in [3.63, 3.8) is 0 Å². The molecule has 0 saturated heterocycles. The Morgan fingerprint density at radius 3 is 2.00 bits per heavy atom. The zero-order valence-electron chi connectivity index (χ0n) is 22.2. The Kier molecular flexibility index (Phi) is 9.21. The average Bonchev–Trinajstić information content (AvgIpc) is 2.86. The molecule has 0 fully saturated rings. The number of aryl methyl sites for hydroxylation is 1. The van der Waals surface area contributed by atoms with E-state index in [2.05, 4.69) is 26.1 Å². The van der Waals surface area contributed by atoms with Gasteiger partial charge in [0, 0.05) is 0 Å². The van der Waals surface area contributed by atoms with Gasteiger partial charge in [-0.25, -0.2) is 8.42 Å². The van der Waals surface area contributed by atoms with Gasteiger partial charge in [-0.05, 0) is 73.4 Å². The minimum Gasteiger partial charge on any atom is -0.494 e. The maximum atomic E-state index is 13.5. The highest BCUT2D eigenvalue weighted by molar-refractivity contribution is 7.92. The highest BCUT2D eigenvalue weighted by atomic mass is 32.2. The fraction of sp³-hybridized carbons (Fsp3) is 0.345. The van der Waals surface area contributed by atoms with E-state index in [4.69, 9.17) is 9.47 Å². The number of carbonyl (C=O) groups is 1. The first kappa shape index (κ1) is 28.1. The zero-order chi connectivity index (χ0) is 27.1. The van der Waals surface area contributed by atoms with Crippen molar-refractivity contribution in [2.75, 3.05) is 30.6 Å². The van der Waals surface area contributed by atoms with Gasteiger partial charge in [0.15, 0.2) is 0 Å². The maximum absolute atomic E-state index is 13.5. The molecule has 0 spiro atoms. The summed E-state index contributed by atoms with van der Waals surface area (Å²) in [6.45, 7) is 10.8. The van der Waals surface area contributed by atoms with E-state index in [0.717, 1.165) is 9.87 Å². The predicted molar refractivity (Wildman–Crippen MR) is 147 cm³/mol. The van der Waals surface area contributed by atoms with E-state index in [9.17, 15) is 13.2 Å². The van der Waals surface area contributed by atoms with E-state index < -0.39 is 15.9 Å². The number of carbonyl (C=O) groups excluding carboxylic acids is 1. The Hall–Kier alpha value is -3.52. The van der Waals surface area contributed by atoms with Crippen molar-refractivity contribution >= 4 is 21.6 Å². The molecular formula is C29H36N2O5S. The summed E-state index contributed by atoms with van der Waals surface area (Å²) in [4.78, 5) is 12.9. The van der Waals surface area contributed by atoms with E-state index in [0.29, 0.717) is 23.8 Å². The summed E-state index contributed by atoms with van der Waals surface area (Å²) in [5.74, 6) is 0.859. The average molecular weight is 525 g/mol. The van der Waals surface area contributed by atoms with Crippen LogP contribution in [0, 0.1) is 6.92 Å². The van der Waals surface area contributed by atoms with Gasteiger partial charge in [-0.2, -0.15) is 0 Å². The first-order chi connectivity index (χ1) is 17.5. The summed E-state index contributed by atoms with van der Waals surface area (Å²) in [6.07, 6.45) is 0. The van der Waals surface area contributed by atoms with Gasteiger partial charge in [0.25, 0.3) is 10.0 Å². The third-order valence-corrected chi connectivity index (χ3v) is 7.53. The number of hydrogen-bond acceptors (Lipinski definition) is 5. The summed E-state index contributed by atoms with van der Waals surface area (Å²) in [7, 11) is -4.00. The van der Waals surface area contributed by atoms with Crippen LogP contribution in [0.25, 0.3) is 0 Å². The van der Waals surface area contributed by atoms with Crippen LogP contribution >= 0.6 is 0 Å². The van der Waals surface area contributed by atoms with Gasteiger partial charge < -0.3 is 14.8 Å². The lowest BCUT2D eigenvalue weighted by Crippen LogP contribution is -2.41. The number of ether oxygens (including phenoxy) is 2. The number of nitrogens with one attached hydrogen (secondary N) is 1. The molecule has 0 atom stereocenters. The van der Waals surface area contributed by atoms with Crippen molar-refractivity contribution < 1.29 is 22.7 Å². The van der Waals surface area contributed by atoms with Crippen molar-refractivity contribution in [1.29, 1.82) is 0 Å². The number of sulfonamides is 1. The highest BCUT2D eigenvalue weighted by Gasteiger charge is 2.27. The predicted octanol–water partition coefficient (Wildman–Crippen LogP) is 5.08. The topological polar surface area (TPSA) is 84.9 Å². The van der Waals surface area contributed by atoms with Crippen molar-refractivity contribution in [3.05, 3.63) is 83.9 Å². The molecule has 3 aromatic rings. The van der Waals surface area contributed by atoms with Gasteiger partial charge >= 0.3 is 0 Å². The van der Waals surface area contributed by atoms with Gasteiger partial charge in [-0.15, -0.1) is 0 Å². The smallest absolute Gasteiger partial charge is 0.264 e. The number of benzene rings is 3. The summed E-state index contributed by atoms with van der Waals surface area (Å²) in [5, 5.41) is 2.76. The van der Waals surface area contributed by atoms with E-state index in [-0.39, 0.29) is 30.0 Å². The van der Waals surface area contributed by atoms with E-state index in [1.807, 2.05) is 50.2 Å². The van der Waals surface area contributed by atoms with Gasteiger partial charge in [0.1, 0.15) is 24.7 Å². The number of nitrogens with zero attached hydrogens (tertiary/aromatic N) is 1. The van der Waals surface area contributed by atoms with Crippen molar-refractivity contribution in [3.8, 4) is 11.5 Å². The summed E-state index contributed by atoms with van der Waals surface area (Å²) < 4.78 is 39.3. The lowest BCUT2D eigenvalue weighted by atomic mass is 9.87. The fourth-order valence-corrected chi connectivity index (χ4v) is 5.05. The Morgan fingerprint density at radius 2 is 1.43 bits per heavy atom. The van der Waals surface area contributed by atoms with Crippen LogP contribution in [0.1, 0.15) is 38.8 Å². The zero-order valence-corrected chi connectivity index (χ0v) is 23.0. The Morgan fingerprint density at radius 1 is 0.865 bits per heavy atom. The van der Waals surface area contributed by atoms with Crippen LogP contribution in [0.15, 0.2) is 77.7 Å². The van der Waals surface area contributed by atoms with Crippen molar-refractivity contribution in [2.24, 2.45) is 0 Å². The molecule has 0 aliphatic carbocycles. The SMILES string of the molecule is CCOc1ccc(S(=O)(=O)N(CC(=O)NCCOc2ccc(C(C)(C)C)cc2)c2ccc(C)cc2)cc1. The summed E-state index contributed by atoms with van der Waals surface area (Å²) >= 11 is 0. The van der Waals surface area contributed by atoms with Gasteiger partial charge in [-0.3, -0.25) is 9.10 Å². The molecule has 8 heteroatoms. The van der Waals surface area contributed by atoms with Gasteiger partial charge in [0.2, 0.25) is 5.91 Å². The van der Waals surface area contributed by atoms with E-state index in [1.54, 1.807) is 24.3 Å². The van der Waals surface area contributed by atoms with Crippen LogP contribution in [0.5, 0.6) is 11.5 Å². The summed E-state index contributed by atoms with van der Waals surface area (Å²) in [5.41, 5.74) is 2.66. The Labute approximate surface area is 220 Å². The number of anilines is 1. The molecule has 1 amide bonds. The van der Waals surface area contributed by atoms with Crippen LogP contribution in [0.3, 0.4) is 0 Å². The molecule has 0 saturated carbocycles. The molecule has 37 heavy (non-hydrogen) atoms. The Bertz CT molecular complexity index is 1260. The third kappa shape index (κ3) is 7.73.